The number of oxime groups is 1. The lowest BCUT2D eigenvalue weighted by molar-refractivity contribution is 0.301. The summed E-state index contributed by atoms with van der Waals surface area (Å²) < 4.78 is 0. The van der Waals surface area contributed by atoms with E-state index in [-0.39, 0.29) is 0 Å². The van der Waals surface area contributed by atoms with Crippen molar-refractivity contribution in [1.29, 1.82) is 0 Å². The molecule has 1 saturated carbocycles. The minimum atomic E-state index is 0.479. The molecule has 3 rings (SSSR count). The van der Waals surface area contributed by atoms with Crippen LogP contribution < -0.4 is 0 Å². The number of rotatable bonds is 0. The lowest BCUT2D eigenvalue weighted by atomic mass is 9.78. The molecule has 1 aromatic rings. The molecule has 0 amide bonds. The van der Waals surface area contributed by atoms with Crippen molar-refractivity contribution < 1.29 is 5.21 Å². The Morgan fingerprint density at radius 1 is 1.00 bits per heavy atom. The van der Waals surface area contributed by atoms with Crippen LogP contribution in [-0.4, -0.2) is 10.9 Å². The van der Waals surface area contributed by atoms with E-state index in [1.54, 1.807) is 0 Å². The molecule has 2 aliphatic rings. The Labute approximate surface area is 96.0 Å². The Bertz CT molecular complexity index is 389. The summed E-state index contributed by atoms with van der Waals surface area (Å²) in [6.07, 6.45) is 5.77. The molecule has 0 aromatic heterocycles. The lowest BCUT2D eigenvalue weighted by Gasteiger charge is -2.27. The van der Waals surface area contributed by atoms with E-state index in [1.807, 2.05) is 0 Å². The quantitative estimate of drug-likeness (QED) is 0.523. The summed E-state index contributed by atoms with van der Waals surface area (Å²) in [7, 11) is 0. The number of fused-ring (bicyclic) bond motifs is 3. The highest BCUT2D eigenvalue weighted by Gasteiger charge is 2.33. The van der Waals surface area contributed by atoms with Gasteiger partial charge in [0.05, 0.1) is 5.71 Å². The Morgan fingerprint density at radius 3 is 2.06 bits per heavy atom. The van der Waals surface area contributed by atoms with Crippen LogP contribution >= 0.6 is 0 Å². The Morgan fingerprint density at radius 2 is 1.56 bits per heavy atom. The van der Waals surface area contributed by atoms with Crippen molar-refractivity contribution in [3.8, 4) is 0 Å². The number of benzene rings is 1. The van der Waals surface area contributed by atoms with Crippen LogP contribution in [0.1, 0.15) is 30.4 Å². The van der Waals surface area contributed by atoms with Crippen LogP contribution in [0.25, 0.3) is 0 Å². The molecule has 2 atom stereocenters. The molecule has 16 heavy (non-hydrogen) atoms. The summed E-state index contributed by atoms with van der Waals surface area (Å²) >= 11 is 0. The lowest BCUT2D eigenvalue weighted by Crippen LogP contribution is -2.29. The van der Waals surface area contributed by atoms with E-state index in [0.717, 1.165) is 18.6 Å². The van der Waals surface area contributed by atoms with E-state index in [4.69, 9.17) is 0 Å². The summed E-state index contributed by atoms with van der Waals surface area (Å²) in [5.41, 5.74) is 3.97. The Balaban J connectivity index is 2.04. The van der Waals surface area contributed by atoms with Gasteiger partial charge in [-0.2, -0.15) is 0 Å². The molecule has 2 heteroatoms. The van der Waals surface area contributed by atoms with Crippen LogP contribution in [0.15, 0.2) is 29.4 Å². The summed E-state index contributed by atoms with van der Waals surface area (Å²) in [6, 6.07) is 8.68. The summed E-state index contributed by atoms with van der Waals surface area (Å²) in [4.78, 5) is 0. The van der Waals surface area contributed by atoms with Crippen LogP contribution in [0.2, 0.25) is 0 Å². The molecule has 0 spiro atoms. The third-order valence-corrected chi connectivity index (χ3v) is 4.11. The molecule has 84 valence electrons. The molecule has 0 saturated heterocycles. The van der Waals surface area contributed by atoms with Gasteiger partial charge in [0.2, 0.25) is 0 Å². The largest absolute Gasteiger partial charge is 0.411 e. The van der Waals surface area contributed by atoms with Gasteiger partial charge in [-0.15, -0.1) is 0 Å². The van der Waals surface area contributed by atoms with Gasteiger partial charge in [0, 0.05) is 11.8 Å². The molecule has 1 fully saturated rings. The third kappa shape index (κ3) is 1.53. The van der Waals surface area contributed by atoms with Gasteiger partial charge < -0.3 is 5.21 Å². The molecule has 1 aromatic carbocycles. The molecule has 2 bridgehead atoms. The van der Waals surface area contributed by atoms with Gasteiger partial charge in [0.15, 0.2) is 0 Å². The first-order valence-electron chi connectivity index (χ1n) is 6.17. The van der Waals surface area contributed by atoms with Crippen molar-refractivity contribution in [2.45, 2.75) is 32.1 Å². The highest BCUT2D eigenvalue weighted by Crippen LogP contribution is 2.35. The number of nitrogens with zero attached hydrogens (tertiary/aromatic N) is 1. The first-order chi connectivity index (χ1) is 7.88. The highest BCUT2D eigenvalue weighted by molar-refractivity contribution is 5.90. The second kappa shape index (κ2) is 3.93. The van der Waals surface area contributed by atoms with Crippen LogP contribution in [0, 0.1) is 11.8 Å². The van der Waals surface area contributed by atoms with Crippen LogP contribution in [0.3, 0.4) is 0 Å². The fourth-order valence-electron chi connectivity index (χ4n) is 3.30. The molecule has 2 nitrogen and oxygen atoms in total. The zero-order valence-corrected chi connectivity index (χ0v) is 9.39. The zero-order valence-electron chi connectivity index (χ0n) is 9.39. The van der Waals surface area contributed by atoms with Crippen LogP contribution in [0.5, 0.6) is 0 Å². The van der Waals surface area contributed by atoms with Gasteiger partial charge >= 0.3 is 0 Å². The number of hydrogen-bond donors (Lipinski definition) is 1. The Kier molecular flexibility index (Phi) is 2.43. The monoisotopic (exact) mass is 215 g/mol. The van der Waals surface area contributed by atoms with Crippen molar-refractivity contribution >= 4 is 5.71 Å². The maximum Gasteiger partial charge on any atom is 0.0639 e. The smallest absolute Gasteiger partial charge is 0.0639 e. The van der Waals surface area contributed by atoms with Crippen molar-refractivity contribution in [2.75, 3.05) is 0 Å². The van der Waals surface area contributed by atoms with Gasteiger partial charge in [-0.1, -0.05) is 35.8 Å². The fraction of sp³-hybridized carbons (Fsp3) is 0.500. The van der Waals surface area contributed by atoms with Crippen LogP contribution in [0.4, 0.5) is 0 Å². The van der Waals surface area contributed by atoms with Crippen LogP contribution in [-0.2, 0) is 12.8 Å². The maximum atomic E-state index is 9.19. The maximum absolute atomic E-state index is 9.19. The average molecular weight is 215 g/mol. The molecule has 1 N–H and O–H groups in total. The fourth-order valence-corrected chi connectivity index (χ4v) is 3.30. The van der Waals surface area contributed by atoms with E-state index in [2.05, 4.69) is 29.4 Å². The van der Waals surface area contributed by atoms with Gasteiger partial charge in [0.1, 0.15) is 0 Å². The van der Waals surface area contributed by atoms with Gasteiger partial charge in [-0.25, -0.2) is 0 Å². The van der Waals surface area contributed by atoms with Crippen molar-refractivity contribution in [1.82, 2.24) is 0 Å². The zero-order chi connectivity index (χ0) is 11.0. The predicted molar refractivity (Wildman–Crippen MR) is 63.9 cm³/mol. The standard InChI is InChI=1S/C14H17NO/c16-15-14-12-6-3-7-13(14)9-11-5-2-1-4-10(11)8-12/h1-2,4-5,12-13,16H,3,6-9H2/t12-,13+. The van der Waals surface area contributed by atoms with E-state index in [0.29, 0.717) is 11.8 Å². The average Bonchev–Trinajstić information content (AvgIpc) is 2.39. The van der Waals surface area contributed by atoms with E-state index >= 15 is 0 Å². The van der Waals surface area contributed by atoms with Crippen molar-refractivity contribution in [3.63, 3.8) is 0 Å². The van der Waals surface area contributed by atoms with Gasteiger partial charge in [-0.05, 0) is 36.8 Å². The first-order valence-corrected chi connectivity index (χ1v) is 6.17. The molecule has 0 heterocycles. The normalized spacial score (nSPS) is 30.9. The second-order valence-corrected chi connectivity index (χ2v) is 5.03. The summed E-state index contributed by atoms with van der Waals surface area (Å²) in [6.45, 7) is 0. The van der Waals surface area contributed by atoms with E-state index in [1.165, 1.54) is 30.4 Å². The molecule has 2 aliphatic carbocycles. The van der Waals surface area contributed by atoms with Gasteiger partial charge in [-0.3, -0.25) is 0 Å². The topological polar surface area (TPSA) is 32.6 Å². The van der Waals surface area contributed by atoms with Crippen molar-refractivity contribution in [3.05, 3.63) is 35.4 Å². The second-order valence-electron chi connectivity index (χ2n) is 5.03. The molecule has 0 radical (unpaired) electrons. The number of hydrogen-bond acceptors (Lipinski definition) is 2. The van der Waals surface area contributed by atoms with Crippen molar-refractivity contribution in [2.24, 2.45) is 17.0 Å². The SMILES string of the molecule is ON=C1[C@@H]2CCC[C@H]1Cc1ccccc1C2. The molecule has 0 unspecified atom stereocenters. The summed E-state index contributed by atoms with van der Waals surface area (Å²) in [5, 5.41) is 12.8. The third-order valence-electron chi connectivity index (χ3n) is 4.11. The minimum Gasteiger partial charge on any atom is -0.411 e. The molecular formula is C14H17NO. The minimum absolute atomic E-state index is 0.479. The predicted octanol–water partition coefficient (Wildman–Crippen LogP) is 3.03. The molecular weight excluding hydrogens is 198 g/mol. The molecule has 0 aliphatic heterocycles. The highest BCUT2D eigenvalue weighted by atomic mass is 16.4. The van der Waals surface area contributed by atoms with E-state index in [9.17, 15) is 5.21 Å². The Hall–Kier alpha value is -1.31. The summed E-state index contributed by atoms with van der Waals surface area (Å²) in [5.74, 6) is 0.958. The van der Waals surface area contributed by atoms with E-state index < -0.39 is 0 Å². The van der Waals surface area contributed by atoms with Gasteiger partial charge in [0.25, 0.3) is 0 Å². The first kappa shape index (κ1) is 9.88.